The van der Waals surface area contributed by atoms with Gasteiger partial charge in [0.1, 0.15) is 11.0 Å². The zero-order chi connectivity index (χ0) is 12.5. The Bertz CT molecular complexity index is 502. The highest BCUT2D eigenvalue weighted by Gasteiger charge is 2.36. The predicted octanol–water partition coefficient (Wildman–Crippen LogP) is 2.32. The van der Waals surface area contributed by atoms with Gasteiger partial charge >= 0.3 is 0 Å². The number of nitrogens with zero attached hydrogens (tertiary/aromatic N) is 1. The lowest BCUT2D eigenvalue weighted by atomic mass is 10.2. The second-order valence-corrected chi connectivity index (χ2v) is 6.63. The lowest BCUT2D eigenvalue weighted by Crippen LogP contribution is -2.33. The van der Waals surface area contributed by atoms with Crippen molar-refractivity contribution in [1.29, 1.82) is 0 Å². The van der Waals surface area contributed by atoms with Crippen molar-refractivity contribution in [2.24, 2.45) is 0 Å². The van der Waals surface area contributed by atoms with Crippen LogP contribution in [-0.4, -0.2) is 24.0 Å². The molecule has 2 rings (SSSR count). The molecule has 1 aromatic rings. The maximum absolute atomic E-state index is 13.0. The van der Waals surface area contributed by atoms with E-state index in [4.69, 9.17) is 11.6 Å². The SMILES string of the molecule is O=S(=O)(CCl)N(Cc1cccc(F)c1)C1CC1. The Labute approximate surface area is 105 Å². The van der Waals surface area contributed by atoms with Gasteiger partial charge in [0.25, 0.3) is 0 Å². The summed E-state index contributed by atoms with van der Waals surface area (Å²) >= 11 is 5.45. The van der Waals surface area contributed by atoms with Crippen LogP contribution in [0.5, 0.6) is 0 Å². The van der Waals surface area contributed by atoms with E-state index in [2.05, 4.69) is 0 Å². The monoisotopic (exact) mass is 277 g/mol. The molecule has 0 atom stereocenters. The molecule has 0 spiro atoms. The number of sulfonamides is 1. The Kier molecular flexibility index (Phi) is 3.70. The average molecular weight is 278 g/mol. The van der Waals surface area contributed by atoms with E-state index in [1.165, 1.54) is 16.4 Å². The van der Waals surface area contributed by atoms with Crippen LogP contribution < -0.4 is 0 Å². The summed E-state index contributed by atoms with van der Waals surface area (Å²) in [5.41, 5.74) is 0.644. The van der Waals surface area contributed by atoms with Gasteiger partial charge in [0.05, 0.1) is 0 Å². The lowest BCUT2D eigenvalue weighted by molar-refractivity contribution is 0.400. The van der Waals surface area contributed by atoms with Crippen LogP contribution in [0.25, 0.3) is 0 Å². The molecule has 0 N–H and O–H groups in total. The van der Waals surface area contributed by atoms with Gasteiger partial charge in [-0.05, 0) is 30.5 Å². The van der Waals surface area contributed by atoms with Crippen molar-refractivity contribution >= 4 is 21.6 Å². The average Bonchev–Trinajstić information content (AvgIpc) is 3.10. The molecule has 1 saturated carbocycles. The molecule has 0 radical (unpaired) electrons. The maximum atomic E-state index is 13.0. The topological polar surface area (TPSA) is 37.4 Å². The van der Waals surface area contributed by atoms with Crippen molar-refractivity contribution in [3.8, 4) is 0 Å². The summed E-state index contributed by atoms with van der Waals surface area (Å²) in [6, 6.07) is 5.99. The van der Waals surface area contributed by atoms with E-state index < -0.39 is 15.2 Å². The van der Waals surface area contributed by atoms with E-state index in [1.807, 2.05) is 0 Å². The van der Waals surface area contributed by atoms with Gasteiger partial charge in [-0.2, -0.15) is 4.31 Å². The molecular weight excluding hydrogens is 265 g/mol. The lowest BCUT2D eigenvalue weighted by Gasteiger charge is -2.20. The first-order valence-electron chi connectivity index (χ1n) is 5.33. The van der Waals surface area contributed by atoms with Gasteiger partial charge in [-0.1, -0.05) is 12.1 Å². The van der Waals surface area contributed by atoms with Crippen molar-refractivity contribution in [3.05, 3.63) is 35.6 Å². The zero-order valence-electron chi connectivity index (χ0n) is 9.14. The van der Waals surface area contributed by atoms with Crippen LogP contribution in [0.2, 0.25) is 0 Å². The highest BCUT2D eigenvalue weighted by molar-refractivity contribution is 7.90. The Hall–Kier alpha value is -0.650. The molecule has 0 heterocycles. The Morgan fingerprint density at radius 3 is 2.65 bits per heavy atom. The van der Waals surface area contributed by atoms with Crippen molar-refractivity contribution in [3.63, 3.8) is 0 Å². The van der Waals surface area contributed by atoms with Crippen LogP contribution in [0, 0.1) is 5.82 Å². The minimum atomic E-state index is -3.43. The van der Waals surface area contributed by atoms with Gasteiger partial charge in [-0.15, -0.1) is 11.6 Å². The van der Waals surface area contributed by atoms with Crippen LogP contribution in [0.3, 0.4) is 0 Å². The Balaban J connectivity index is 2.19. The number of alkyl halides is 1. The maximum Gasteiger partial charge on any atom is 0.228 e. The molecule has 94 valence electrons. The van der Waals surface area contributed by atoms with Gasteiger partial charge in [0.15, 0.2) is 0 Å². The molecule has 0 aromatic heterocycles. The smallest absolute Gasteiger partial charge is 0.211 e. The molecule has 1 aromatic carbocycles. The highest BCUT2D eigenvalue weighted by Crippen LogP contribution is 2.31. The van der Waals surface area contributed by atoms with Gasteiger partial charge in [-0.25, -0.2) is 12.8 Å². The zero-order valence-corrected chi connectivity index (χ0v) is 10.7. The van der Waals surface area contributed by atoms with E-state index in [0.717, 1.165) is 12.8 Å². The second kappa shape index (κ2) is 4.92. The van der Waals surface area contributed by atoms with Gasteiger partial charge in [0.2, 0.25) is 10.0 Å². The first kappa shape index (κ1) is 12.8. The Morgan fingerprint density at radius 1 is 1.41 bits per heavy atom. The highest BCUT2D eigenvalue weighted by atomic mass is 35.5. The first-order chi connectivity index (χ1) is 8.03. The van der Waals surface area contributed by atoms with Crippen LogP contribution in [0.15, 0.2) is 24.3 Å². The van der Waals surface area contributed by atoms with Crippen LogP contribution >= 0.6 is 11.6 Å². The van der Waals surface area contributed by atoms with E-state index in [-0.39, 0.29) is 18.4 Å². The quantitative estimate of drug-likeness (QED) is 0.775. The molecule has 1 aliphatic rings. The predicted molar refractivity (Wildman–Crippen MR) is 64.6 cm³/mol. The molecule has 6 heteroatoms. The number of halogens is 2. The number of hydrogen-bond donors (Lipinski definition) is 0. The molecule has 3 nitrogen and oxygen atoms in total. The third-order valence-electron chi connectivity index (χ3n) is 2.68. The van der Waals surface area contributed by atoms with E-state index in [1.54, 1.807) is 12.1 Å². The third-order valence-corrected chi connectivity index (χ3v) is 4.92. The van der Waals surface area contributed by atoms with Gasteiger partial charge in [-0.3, -0.25) is 0 Å². The summed E-state index contributed by atoms with van der Waals surface area (Å²) in [6.07, 6.45) is 1.71. The molecule has 0 unspecified atom stereocenters. The summed E-state index contributed by atoms with van der Waals surface area (Å²) in [7, 11) is -3.43. The van der Waals surface area contributed by atoms with Crippen molar-refractivity contribution in [2.45, 2.75) is 25.4 Å². The van der Waals surface area contributed by atoms with Crippen molar-refractivity contribution in [1.82, 2.24) is 4.31 Å². The van der Waals surface area contributed by atoms with E-state index >= 15 is 0 Å². The van der Waals surface area contributed by atoms with E-state index in [9.17, 15) is 12.8 Å². The second-order valence-electron chi connectivity index (χ2n) is 4.13. The van der Waals surface area contributed by atoms with Crippen molar-refractivity contribution in [2.75, 3.05) is 5.21 Å². The van der Waals surface area contributed by atoms with Gasteiger partial charge in [0, 0.05) is 12.6 Å². The fourth-order valence-electron chi connectivity index (χ4n) is 1.70. The molecular formula is C11H13ClFNO2S. The fraction of sp³-hybridized carbons (Fsp3) is 0.455. The molecule has 0 amide bonds. The molecule has 17 heavy (non-hydrogen) atoms. The third kappa shape index (κ3) is 3.18. The fourth-order valence-corrected chi connectivity index (χ4v) is 3.21. The largest absolute Gasteiger partial charge is 0.228 e. The normalized spacial score (nSPS) is 16.4. The van der Waals surface area contributed by atoms with E-state index in [0.29, 0.717) is 5.56 Å². The van der Waals surface area contributed by atoms with Crippen molar-refractivity contribution < 1.29 is 12.8 Å². The first-order valence-corrected chi connectivity index (χ1v) is 7.47. The number of hydrogen-bond acceptors (Lipinski definition) is 2. The molecule has 1 fully saturated rings. The number of rotatable bonds is 5. The minimum absolute atomic E-state index is 0.0296. The van der Waals surface area contributed by atoms with Gasteiger partial charge < -0.3 is 0 Å². The molecule has 0 saturated heterocycles. The summed E-state index contributed by atoms with van der Waals surface area (Å²) in [6.45, 7) is 0.192. The van der Waals surface area contributed by atoms with Crippen LogP contribution in [-0.2, 0) is 16.6 Å². The van der Waals surface area contributed by atoms with Crippen LogP contribution in [0.4, 0.5) is 4.39 Å². The molecule has 0 bridgehead atoms. The molecule has 1 aliphatic carbocycles. The standard InChI is InChI=1S/C11H13ClFNO2S/c12-8-17(15,16)14(11-4-5-11)7-9-2-1-3-10(13)6-9/h1-3,6,11H,4-5,7-8H2. The summed E-state index contributed by atoms with van der Waals surface area (Å²) in [5.74, 6) is -0.360. The number of benzene rings is 1. The summed E-state index contributed by atoms with van der Waals surface area (Å²) in [5, 5.41) is -0.432. The Morgan fingerprint density at radius 2 is 2.12 bits per heavy atom. The minimum Gasteiger partial charge on any atom is -0.211 e. The molecule has 0 aliphatic heterocycles. The summed E-state index contributed by atoms with van der Waals surface area (Å²) < 4.78 is 37.9. The van der Waals surface area contributed by atoms with Crippen LogP contribution in [0.1, 0.15) is 18.4 Å². The summed E-state index contributed by atoms with van der Waals surface area (Å²) in [4.78, 5) is 0.